The van der Waals surface area contributed by atoms with Crippen LogP contribution in [-0.2, 0) is 14.3 Å². The van der Waals surface area contributed by atoms with E-state index in [1.165, 1.54) is 64.2 Å². The molecule has 1 amide bonds. The number of ether oxygens (including phenoxy) is 2. The molecule has 214 valence electrons. The second kappa shape index (κ2) is 20.2. The van der Waals surface area contributed by atoms with E-state index in [1.807, 2.05) is 0 Å². The Bertz CT molecular complexity index is 550. The maximum absolute atomic E-state index is 12.0. The third-order valence-electron chi connectivity index (χ3n) is 7.02. The monoisotopic (exact) mass is 519 g/mol. The van der Waals surface area contributed by atoms with Crippen molar-refractivity contribution >= 4 is 5.91 Å². The molecule has 7 unspecified atom stereocenters. The SMILES string of the molecule is CCCCCCCCCCCCCCCC(O)C(COC1OC(CO)C(O)C(O)C1O)NC(=O)CC. The third kappa shape index (κ3) is 13.1. The Labute approximate surface area is 217 Å². The van der Waals surface area contributed by atoms with E-state index in [2.05, 4.69) is 12.2 Å². The Kier molecular flexibility index (Phi) is 18.6. The Balaban J connectivity index is 2.30. The zero-order valence-corrected chi connectivity index (χ0v) is 22.5. The molecule has 1 heterocycles. The van der Waals surface area contributed by atoms with Gasteiger partial charge in [-0.2, -0.15) is 0 Å². The maximum Gasteiger partial charge on any atom is 0.220 e. The zero-order chi connectivity index (χ0) is 26.8. The molecule has 0 saturated carbocycles. The minimum Gasteiger partial charge on any atom is -0.394 e. The molecule has 0 bridgehead atoms. The standard InChI is InChI=1S/C27H53NO8/c1-3-5-6-7-8-9-10-11-12-13-14-15-16-17-21(30)20(28-23(31)4-2)19-35-27-26(34)25(33)24(32)22(18-29)36-27/h20-22,24-27,29-30,32-34H,3-19H2,1-2H3,(H,28,31). The average molecular weight is 520 g/mol. The van der Waals surface area contributed by atoms with Crippen LogP contribution in [0.4, 0.5) is 0 Å². The smallest absolute Gasteiger partial charge is 0.220 e. The highest BCUT2D eigenvalue weighted by molar-refractivity contribution is 5.75. The van der Waals surface area contributed by atoms with Crippen molar-refractivity contribution < 1.29 is 39.8 Å². The van der Waals surface area contributed by atoms with Crippen molar-refractivity contribution in [3.05, 3.63) is 0 Å². The van der Waals surface area contributed by atoms with Crippen LogP contribution in [0.15, 0.2) is 0 Å². The van der Waals surface area contributed by atoms with Crippen molar-refractivity contribution in [3.63, 3.8) is 0 Å². The molecule has 9 nitrogen and oxygen atoms in total. The average Bonchev–Trinajstić information content (AvgIpc) is 2.88. The van der Waals surface area contributed by atoms with E-state index in [-0.39, 0.29) is 18.9 Å². The number of carbonyl (C=O) groups excluding carboxylic acids is 1. The second-order valence-corrected chi connectivity index (χ2v) is 10.2. The maximum atomic E-state index is 12.0. The first-order valence-electron chi connectivity index (χ1n) is 14.2. The molecular formula is C27H53NO8. The fourth-order valence-electron chi connectivity index (χ4n) is 4.53. The Hall–Kier alpha value is -0.810. The van der Waals surface area contributed by atoms with Crippen LogP contribution >= 0.6 is 0 Å². The normalized spacial score (nSPS) is 26.0. The lowest BCUT2D eigenvalue weighted by atomic mass is 9.99. The summed E-state index contributed by atoms with van der Waals surface area (Å²) in [4.78, 5) is 12.0. The van der Waals surface area contributed by atoms with Gasteiger partial charge in [0.2, 0.25) is 5.91 Å². The Morgan fingerprint density at radius 2 is 1.36 bits per heavy atom. The number of aliphatic hydroxyl groups is 5. The fraction of sp³-hybridized carbons (Fsp3) is 0.963. The highest BCUT2D eigenvalue weighted by Gasteiger charge is 2.44. The molecule has 1 aliphatic rings. The molecule has 0 aromatic heterocycles. The van der Waals surface area contributed by atoms with Gasteiger partial charge in [-0.15, -0.1) is 0 Å². The Morgan fingerprint density at radius 3 is 1.86 bits per heavy atom. The van der Waals surface area contributed by atoms with E-state index >= 15 is 0 Å². The molecule has 7 atom stereocenters. The predicted molar refractivity (Wildman–Crippen MR) is 138 cm³/mol. The largest absolute Gasteiger partial charge is 0.394 e. The summed E-state index contributed by atoms with van der Waals surface area (Å²) in [6.45, 7) is 3.26. The zero-order valence-electron chi connectivity index (χ0n) is 22.5. The van der Waals surface area contributed by atoms with Crippen molar-refractivity contribution in [2.45, 2.75) is 153 Å². The molecule has 0 aromatic carbocycles. The van der Waals surface area contributed by atoms with Crippen LogP contribution in [0.25, 0.3) is 0 Å². The van der Waals surface area contributed by atoms with Gasteiger partial charge in [0, 0.05) is 6.42 Å². The number of rotatable bonds is 21. The summed E-state index contributed by atoms with van der Waals surface area (Å²) in [5.41, 5.74) is 0. The van der Waals surface area contributed by atoms with Gasteiger partial charge in [0.1, 0.15) is 24.4 Å². The van der Waals surface area contributed by atoms with Crippen molar-refractivity contribution in [3.8, 4) is 0 Å². The summed E-state index contributed by atoms with van der Waals surface area (Å²) in [6.07, 6.45) is 9.09. The molecule has 1 fully saturated rings. The summed E-state index contributed by atoms with van der Waals surface area (Å²) in [7, 11) is 0. The minimum atomic E-state index is -1.54. The molecule has 1 aliphatic heterocycles. The molecule has 1 rings (SSSR count). The molecule has 9 heteroatoms. The van der Waals surface area contributed by atoms with Gasteiger partial charge in [-0.05, 0) is 6.42 Å². The van der Waals surface area contributed by atoms with Gasteiger partial charge in [0.15, 0.2) is 6.29 Å². The van der Waals surface area contributed by atoms with Crippen LogP contribution in [0.5, 0.6) is 0 Å². The molecule has 0 spiro atoms. The number of unbranched alkanes of at least 4 members (excludes halogenated alkanes) is 12. The van der Waals surface area contributed by atoms with Gasteiger partial charge in [0.05, 0.1) is 25.4 Å². The first kappa shape index (κ1) is 33.2. The quantitative estimate of drug-likeness (QED) is 0.127. The van der Waals surface area contributed by atoms with Gasteiger partial charge in [-0.3, -0.25) is 4.79 Å². The highest BCUT2D eigenvalue weighted by Crippen LogP contribution is 2.22. The molecule has 0 aromatic rings. The molecule has 36 heavy (non-hydrogen) atoms. The van der Waals surface area contributed by atoms with Crippen molar-refractivity contribution in [1.29, 1.82) is 0 Å². The number of carbonyl (C=O) groups is 1. The van der Waals surface area contributed by atoms with E-state index in [0.717, 1.165) is 19.3 Å². The lowest BCUT2D eigenvalue weighted by Gasteiger charge is -2.40. The van der Waals surface area contributed by atoms with Gasteiger partial charge >= 0.3 is 0 Å². The van der Waals surface area contributed by atoms with Crippen LogP contribution in [0, 0.1) is 0 Å². The Morgan fingerprint density at radius 1 is 0.833 bits per heavy atom. The number of hydrogen-bond donors (Lipinski definition) is 6. The first-order valence-corrected chi connectivity index (χ1v) is 14.2. The van der Waals surface area contributed by atoms with Crippen LogP contribution in [0.3, 0.4) is 0 Å². The van der Waals surface area contributed by atoms with Crippen LogP contribution < -0.4 is 5.32 Å². The first-order chi connectivity index (χ1) is 17.3. The number of aliphatic hydroxyl groups excluding tert-OH is 5. The number of hydrogen-bond acceptors (Lipinski definition) is 8. The van der Waals surface area contributed by atoms with E-state index in [1.54, 1.807) is 6.92 Å². The van der Waals surface area contributed by atoms with Crippen molar-refractivity contribution in [2.75, 3.05) is 13.2 Å². The lowest BCUT2D eigenvalue weighted by molar-refractivity contribution is -0.302. The van der Waals surface area contributed by atoms with Crippen LogP contribution in [-0.4, -0.2) is 87.5 Å². The van der Waals surface area contributed by atoms with E-state index in [9.17, 15) is 30.3 Å². The molecule has 0 radical (unpaired) electrons. The lowest BCUT2D eigenvalue weighted by Crippen LogP contribution is -2.60. The van der Waals surface area contributed by atoms with E-state index in [4.69, 9.17) is 9.47 Å². The molecule has 1 saturated heterocycles. The van der Waals surface area contributed by atoms with Gasteiger partial charge in [-0.1, -0.05) is 97.3 Å². The van der Waals surface area contributed by atoms with Crippen LogP contribution in [0.2, 0.25) is 0 Å². The summed E-state index contributed by atoms with van der Waals surface area (Å²) in [5.74, 6) is -0.234. The van der Waals surface area contributed by atoms with Crippen molar-refractivity contribution in [1.82, 2.24) is 5.32 Å². The summed E-state index contributed by atoms with van der Waals surface area (Å²) in [6, 6.07) is -0.706. The summed E-state index contributed by atoms with van der Waals surface area (Å²) in [5, 5.41) is 52.7. The molecule has 6 N–H and O–H groups in total. The molecular weight excluding hydrogens is 466 g/mol. The van der Waals surface area contributed by atoms with E-state index in [0.29, 0.717) is 6.42 Å². The minimum absolute atomic E-state index is 0.145. The number of nitrogens with one attached hydrogen (secondary N) is 1. The highest BCUT2D eigenvalue weighted by atomic mass is 16.7. The van der Waals surface area contributed by atoms with Gasteiger partial charge < -0.3 is 40.3 Å². The van der Waals surface area contributed by atoms with Crippen molar-refractivity contribution in [2.24, 2.45) is 0 Å². The summed E-state index contributed by atoms with van der Waals surface area (Å²) >= 11 is 0. The van der Waals surface area contributed by atoms with Gasteiger partial charge in [0.25, 0.3) is 0 Å². The van der Waals surface area contributed by atoms with Crippen LogP contribution in [0.1, 0.15) is 110 Å². The molecule has 0 aliphatic carbocycles. The predicted octanol–water partition coefficient (Wildman–Crippen LogP) is 2.54. The van der Waals surface area contributed by atoms with Gasteiger partial charge in [-0.25, -0.2) is 0 Å². The van der Waals surface area contributed by atoms with E-state index < -0.39 is 49.5 Å². The fourth-order valence-corrected chi connectivity index (χ4v) is 4.53. The summed E-state index contributed by atoms with van der Waals surface area (Å²) < 4.78 is 10.9. The second-order valence-electron chi connectivity index (χ2n) is 10.2. The third-order valence-corrected chi connectivity index (χ3v) is 7.02. The number of amides is 1. The topological polar surface area (TPSA) is 149 Å².